The number of aliphatic imine (C=N–C) groups is 1. The Kier molecular flexibility index (Phi) is 7.31. The van der Waals surface area contributed by atoms with Crippen molar-refractivity contribution in [1.29, 1.82) is 0 Å². The van der Waals surface area contributed by atoms with Crippen LogP contribution in [-0.2, 0) is 11.3 Å². The molecule has 0 saturated heterocycles. The van der Waals surface area contributed by atoms with Crippen molar-refractivity contribution >= 4 is 5.96 Å². The van der Waals surface area contributed by atoms with Gasteiger partial charge in [-0.05, 0) is 37.2 Å². The van der Waals surface area contributed by atoms with Crippen LogP contribution >= 0.6 is 0 Å². The number of nitrogens with zero attached hydrogens (tertiary/aromatic N) is 2. The molecule has 6 nitrogen and oxygen atoms in total. The molecule has 0 atom stereocenters. The molecule has 1 saturated carbocycles. The molecule has 1 aliphatic carbocycles. The monoisotopic (exact) mass is 334 g/mol. The first-order valence-electron chi connectivity index (χ1n) is 8.71. The molecule has 6 heteroatoms. The number of nitrogens with one attached hydrogen (secondary N) is 2. The lowest BCUT2D eigenvalue weighted by atomic mass is 9.67. The molecule has 2 N–H and O–H groups in total. The van der Waals surface area contributed by atoms with E-state index in [9.17, 15) is 0 Å². The van der Waals surface area contributed by atoms with Crippen LogP contribution in [0.4, 0.5) is 0 Å². The first-order valence-corrected chi connectivity index (χ1v) is 8.71. The van der Waals surface area contributed by atoms with Gasteiger partial charge in [0, 0.05) is 39.1 Å². The third-order valence-electron chi connectivity index (χ3n) is 4.65. The molecule has 0 unspecified atom stereocenters. The van der Waals surface area contributed by atoms with Gasteiger partial charge in [-0.2, -0.15) is 0 Å². The van der Waals surface area contributed by atoms with E-state index in [-0.39, 0.29) is 0 Å². The third kappa shape index (κ3) is 5.37. The van der Waals surface area contributed by atoms with E-state index in [0.29, 0.717) is 17.8 Å². The Morgan fingerprint density at radius 2 is 2.12 bits per heavy atom. The molecule has 1 aromatic rings. The Labute approximate surface area is 145 Å². The SMILES string of the molecule is CCNC(=NCc1ccc(OC)nc1)NCC1(CCOC)CCC1. The second kappa shape index (κ2) is 9.47. The van der Waals surface area contributed by atoms with Crippen molar-refractivity contribution < 1.29 is 9.47 Å². The number of methoxy groups -OCH3 is 2. The molecule has 1 fully saturated rings. The van der Waals surface area contributed by atoms with Gasteiger partial charge in [-0.3, -0.25) is 0 Å². The van der Waals surface area contributed by atoms with Gasteiger partial charge in [0.05, 0.1) is 13.7 Å². The highest BCUT2D eigenvalue weighted by atomic mass is 16.5. The molecule has 0 bridgehead atoms. The topological polar surface area (TPSA) is 67.8 Å². The molecule has 1 aliphatic rings. The first-order chi connectivity index (χ1) is 11.7. The third-order valence-corrected chi connectivity index (χ3v) is 4.65. The summed E-state index contributed by atoms with van der Waals surface area (Å²) in [5.74, 6) is 1.48. The Balaban J connectivity index is 1.89. The summed E-state index contributed by atoms with van der Waals surface area (Å²) in [6, 6.07) is 3.85. The van der Waals surface area contributed by atoms with E-state index < -0.39 is 0 Å². The normalized spacial score (nSPS) is 16.4. The molecule has 0 spiro atoms. The maximum atomic E-state index is 5.26. The van der Waals surface area contributed by atoms with Gasteiger partial charge in [0.1, 0.15) is 0 Å². The zero-order valence-electron chi connectivity index (χ0n) is 15.1. The molecule has 134 valence electrons. The van der Waals surface area contributed by atoms with Gasteiger partial charge in [-0.15, -0.1) is 0 Å². The maximum absolute atomic E-state index is 5.26. The molecular formula is C18H30N4O2. The van der Waals surface area contributed by atoms with Crippen molar-refractivity contribution in [2.24, 2.45) is 10.4 Å². The summed E-state index contributed by atoms with van der Waals surface area (Å²) >= 11 is 0. The maximum Gasteiger partial charge on any atom is 0.212 e. The van der Waals surface area contributed by atoms with E-state index in [1.54, 1.807) is 20.4 Å². The van der Waals surface area contributed by atoms with Gasteiger partial charge in [0.2, 0.25) is 5.88 Å². The van der Waals surface area contributed by atoms with E-state index in [2.05, 4.69) is 27.5 Å². The lowest BCUT2D eigenvalue weighted by molar-refractivity contribution is 0.0732. The summed E-state index contributed by atoms with van der Waals surface area (Å²) in [6.07, 6.45) is 6.77. The Morgan fingerprint density at radius 1 is 1.29 bits per heavy atom. The number of hydrogen-bond acceptors (Lipinski definition) is 4. The Hall–Kier alpha value is -1.82. The highest BCUT2D eigenvalue weighted by Crippen LogP contribution is 2.43. The van der Waals surface area contributed by atoms with Crippen molar-refractivity contribution in [3.63, 3.8) is 0 Å². The van der Waals surface area contributed by atoms with Crippen LogP contribution < -0.4 is 15.4 Å². The molecule has 1 heterocycles. The molecular weight excluding hydrogens is 304 g/mol. The smallest absolute Gasteiger partial charge is 0.212 e. The second-order valence-corrected chi connectivity index (χ2v) is 6.35. The van der Waals surface area contributed by atoms with Gasteiger partial charge in [0.25, 0.3) is 0 Å². The highest BCUT2D eigenvalue weighted by molar-refractivity contribution is 5.79. The summed E-state index contributed by atoms with van der Waals surface area (Å²) in [6.45, 7) is 5.29. The number of rotatable bonds is 9. The fraction of sp³-hybridized carbons (Fsp3) is 0.667. The van der Waals surface area contributed by atoms with E-state index >= 15 is 0 Å². The van der Waals surface area contributed by atoms with Gasteiger partial charge in [-0.1, -0.05) is 12.5 Å². The number of aromatic nitrogens is 1. The van der Waals surface area contributed by atoms with E-state index in [1.807, 2.05) is 12.1 Å². The van der Waals surface area contributed by atoms with Crippen molar-refractivity contribution in [2.75, 3.05) is 33.9 Å². The molecule has 0 radical (unpaired) electrons. The van der Waals surface area contributed by atoms with Crippen molar-refractivity contribution in [2.45, 2.75) is 39.2 Å². The second-order valence-electron chi connectivity index (χ2n) is 6.35. The number of guanidine groups is 1. The predicted molar refractivity (Wildman–Crippen MR) is 96.4 cm³/mol. The quantitative estimate of drug-likeness (QED) is 0.536. The fourth-order valence-electron chi connectivity index (χ4n) is 2.92. The van der Waals surface area contributed by atoms with Crippen LogP contribution in [0.15, 0.2) is 23.3 Å². The molecule has 0 amide bonds. The zero-order chi connectivity index (χ0) is 17.3. The van der Waals surface area contributed by atoms with Gasteiger partial charge >= 0.3 is 0 Å². The summed E-state index contributed by atoms with van der Waals surface area (Å²) in [7, 11) is 3.39. The number of pyridine rings is 1. The van der Waals surface area contributed by atoms with Gasteiger partial charge in [0.15, 0.2) is 5.96 Å². The molecule has 24 heavy (non-hydrogen) atoms. The lowest BCUT2D eigenvalue weighted by Gasteiger charge is -2.42. The lowest BCUT2D eigenvalue weighted by Crippen LogP contribution is -2.46. The number of ether oxygens (including phenoxy) is 2. The highest BCUT2D eigenvalue weighted by Gasteiger charge is 2.36. The minimum atomic E-state index is 0.369. The van der Waals surface area contributed by atoms with Crippen molar-refractivity contribution in [1.82, 2.24) is 15.6 Å². The zero-order valence-corrected chi connectivity index (χ0v) is 15.1. The Bertz CT molecular complexity index is 512. The van der Waals surface area contributed by atoms with Crippen LogP contribution in [0.25, 0.3) is 0 Å². The molecule has 2 rings (SSSR count). The van der Waals surface area contributed by atoms with Crippen LogP contribution in [0.2, 0.25) is 0 Å². The average Bonchev–Trinajstić information content (AvgIpc) is 2.58. The van der Waals surface area contributed by atoms with E-state index in [0.717, 1.165) is 37.6 Å². The minimum absolute atomic E-state index is 0.369. The van der Waals surface area contributed by atoms with Crippen LogP contribution in [-0.4, -0.2) is 44.9 Å². The molecule has 0 aromatic carbocycles. The van der Waals surface area contributed by atoms with Crippen LogP contribution in [0.3, 0.4) is 0 Å². The summed E-state index contributed by atoms with van der Waals surface area (Å²) in [4.78, 5) is 8.88. The predicted octanol–water partition coefficient (Wildman–Crippen LogP) is 2.35. The fourth-order valence-corrected chi connectivity index (χ4v) is 2.92. The summed E-state index contributed by atoms with van der Waals surface area (Å²) in [5, 5.41) is 6.82. The van der Waals surface area contributed by atoms with E-state index in [1.165, 1.54) is 19.3 Å². The average molecular weight is 334 g/mol. The van der Waals surface area contributed by atoms with Crippen LogP contribution in [0.1, 0.15) is 38.2 Å². The summed E-state index contributed by atoms with van der Waals surface area (Å²) in [5.41, 5.74) is 1.43. The van der Waals surface area contributed by atoms with Crippen LogP contribution in [0, 0.1) is 5.41 Å². The van der Waals surface area contributed by atoms with Gasteiger partial charge in [-0.25, -0.2) is 9.98 Å². The van der Waals surface area contributed by atoms with Crippen molar-refractivity contribution in [3.05, 3.63) is 23.9 Å². The largest absolute Gasteiger partial charge is 0.481 e. The van der Waals surface area contributed by atoms with Crippen molar-refractivity contribution in [3.8, 4) is 5.88 Å². The summed E-state index contributed by atoms with van der Waals surface area (Å²) < 4.78 is 10.3. The first kappa shape index (κ1) is 18.5. The Morgan fingerprint density at radius 3 is 2.67 bits per heavy atom. The van der Waals surface area contributed by atoms with Crippen LogP contribution in [0.5, 0.6) is 5.88 Å². The standard InChI is InChI=1S/C18H30N4O2/c1-4-19-17(21-13-15-6-7-16(24-3)20-12-15)22-14-18(8-5-9-18)10-11-23-2/h6-7,12H,4-5,8-11,13-14H2,1-3H3,(H2,19,21,22). The van der Waals surface area contributed by atoms with Gasteiger partial charge < -0.3 is 20.1 Å². The number of hydrogen-bond donors (Lipinski definition) is 2. The minimum Gasteiger partial charge on any atom is -0.481 e. The van der Waals surface area contributed by atoms with E-state index in [4.69, 9.17) is 9.47 Å². The molecule has 1 aromatic heterocycles. The molecule has 0 aliphatic heterocycles.